The van der Waals surface area contributed by atoms with Crippen LogP contribution in [0.5, 0.6) is 0 Å². The van der Waals surface area contributed by atoms with E-state index in [1.807, 2.05) is 0 Å². The van der Waals surface area contributed by atoms with Crippen molar-refractivity contribution in [2.45, 2.75) is 45.6 Å². The Bertz CT molecular complexity index is 1270. The fourth-order valence-corrected chi connectivity index (χ4v) is 4.85. The number of hydrogen-bond donors (Lipinski definition) is 1. The first kappa shape index (κ1) is 31.0. The van der Waals surface area contributed by atoms with Crippen LogP contribution in [0.15, 0.2) is 36.4 Å². The van der Waals surface area contributed by atoms with E-state index in [-0.39, 0.29) is 17.6 Å². The van der Waals surface area contributed by atoms with Crippen molar-refractivity contribution in [2.24, 2.45) is 0 Å². The zero-order valence-corrected chi connectivity index (χ0v) is 23.3. The predicted molar refractivity (Wildman–Crippen MR) is 138 cm³/mol. The Morgan fingerprint density at radius 2 is 1.62 bits per heavy atom. The molecule has 1 atom stereocenters. The Morgan fingerprint density at radius 3 is 2.14 bits per heavy atom. The molecule has 14 heteroatoms. The molecule has 7 nitrogen and oxygen atoms in total. The second-order valence-electron chi connectivity index (χ2n) is 8.53. The minimum absolute atomic E-state index is 0.201. The van der Waals surface area contributed by atoms with Gasteiger partial charge >= 0.3 is 6.18 Å². The van der Waals surface area contributed by atoms with Crippen molar-refractivity contribution < 1.29 is 31.2 Å². The maximum atomic E-state index is 13.5. The van der Waals surface area contributed by atoms with E-state index < -0.39 is 56.9 Å². The number of rotatable bonds is 9. The Balaban J connectivity index is 2.51. The summed E-state index contributed by atoms with van der Waals surface area (Å²) in [6.45, 7) is 3.79. The first-order valence-corrected chi connectivity index (χ1v) is 13.8. The van der Waals surface area contributed by atoms with Crippen molar-refractivity contribution in [1.82, 2.24) is 10.2 Å². The van der Waals surface area contributed by atoms with Crippen LogP contribution in [0.25, 0.3) is 0 Å². The second-order valence-corrected chi connectivity index (χ2v) is 11.7. The molecule has 0 aliphatic carbocycles. The molecule has 1 N–H and O–H groups in total. The average molecular weight is 603 g/mol. The molecule has 0 spiro atoms. The highest BCUT2D eigenvalue weighted by Gasteiger charge is 2.35. The number of sulfonamides is 1. The molecular formula is C23H25Cl3F3N3O4S. The highest BCUT2D eigenvalue weighted by Crippen LogP contribution is 2.37. The smallest absolute Gasteiger partial charge is 0.352 e. The molecule has 0 saturated heterocycles. The molecule has 0 bridgehead atoms. The van der Waals surface area contributed by atoms with Gasteiger partial charge in [-0.3, -0.25) is 13.9 Å². The third-order valence-electron chi connectivity index (χ3n) is 5.18. The lowest BCUT2D eigenvalue weighted by molar-refractivity contribution is -0.139. The van der Waals surface area contributed by atoms with Crippen molar-refractivity contribution in [3.05, 3.63) is 62.6 Å². The Labute approximate surface area is 228 Å². The largest absolute Gasteiger partial charge is 0.417 e. The lowest BCUT2D eigenvalue weighted by Crippen LogP contribution is -2.52. The van der Waals surface area contributed by atoms with E-state index in [9.17, 15) is 31.2 Å². The van der Waals surface area contributed by atoms with Gasteiger partial charge in [-0.25, -0.2) is 8.42 Å². The standard InChI is InChI=1S/C23H25Cl3F3N3O4S/c1-13(2)30-22(34)14(3)31(11-15-5-6-16(24)9-20(15)26)21(33)12-32(37(4,35)36)17-7-8-19(25)18(10-17)23(27,28)29/h5-10,13-14H,11-12H2,1-4H3,(H,30,34)/t14-/m1/s1. The maximum Gasteiger partial charge on any atom is 0.417 e. The van der Waals surface area contributed by atoms with Crippen molar-refractivity contribution in [2.75, 3.05) is 17.1 Å². The summed E-state index contributed by atoms with van der Waals surface area (Å²) in [5.41, 5.74) is -1.26. The van der Waals surface area contributed by atoms with E-state index in [1.165, 1.54) is 19.1 Å². The number of amides is 2. The van der Waals surface area contributed by atoms with Crippen LogP contribution in [0.3, 0.4) is 0 Å². The molecule has 0 aromatic heterocycles. The number of nitrogens with zero attached hydrogens (tertiary/aromatic N) is 2. The summed E-state index contributed by atoms with van der Waals surface area (Å²) in [6, 6.07) is 5.67. The van der Waals surface area contributed by atoms with Crippen LogP contribution in [0.4, 0.5) is 18.9 Å². The fraction of sp³-hybridized carbons (Fsp3) is 0.391. The van der Waals surface area contributed by atoms with Gasteiger partial charge in [-0.1, -0.05) is 40.9 Å². The normalized spacial score (nSPS) is 12.8. The molecule has 0 fully saturated rings. The molecule has 2 rings (SSSR count). The molecule has 0 saturated carbocycles. The monoisotopic (exact) mass is 601 g/mol. The van der Waals surface area contributed by atoms with Crippen LogP contribution in [0.2, 0.25) is 15.1 Å². The number of carbonyl (C=O) groups is 2. The number of benzene rings is 2. The molecule has 0 radical (unpaired) electrons. The zero-order chi connectivity index (χ0) is 28.3. The van der Waals surface area contributed by atoms with E-state index in [0.717, 1.165) is 23.3 Å². The van der Waals surface area contributed by atoms with Gasteiger partial charge in [0.25, 0.3) is 0 Å². The molecule has 2 aromatic carbocycles. The molecule has 204 valence electrons. The molecular weight excluding hydrogens is 578 g/mol. The van der Waals surface area contributed by atoms with Crippen molar-refractivity contribution in [3.8, 4) is 0 Å². The summed E-state index contributed by atoms with van der Waals surface area (Å²) in [6.07, 6.45) is -4.11. The topological polar surface area (TPSA) is 86.8 Å². The van der Waals surface area contributed by atoms with Gasteiger partial charge in [0.15, 0.2) is 0 Å². The van der Waals surface area contributed by atoms with E-state index in [4.69, 9.17) is 34.8 Å². The molecule has 37 heavy (non-hydrogen) atoms. The SMILES string of the molecule is CC(C)NC(=O)[C@@H](C)N(Cc1ccc(Cl)cc1Cl)C(=O)CN(c1ccc(Cl)c(C(F)(F)F)c1)S(C)(=O)=O. The van der Waals surface area contributed by atoms with Crippen LogP contribution in [0.1, 0.15) is 31.9 Å². The quantitative estimate of drug-likeness (QED) is 0.418. The van der Waals surface area contributed by atoms with Gasteiger partial charge in [0.2, 0.25) is 21.8 Å². The van der Waals surface area contributed by atoms with Gasteiger partial charge in [-0.15, -0.1) is 0 Å². The van der Waals surface area contributed by atoms with Crippen LogP contribution in [-0.2, 0) is 32.3 Å². The Kier molecular flexibility index (Phi) is 10.1. The molecule has 0 aliphatic rings. The van der Waals surface area contributed by atoms with Gasteiger partial charge < -0.3 is 10.2 Å². The lowest BCUT2D eigenvalue weighted by Gasteiger charge is -2.32. The number of alkyl halides is 3. The van der Waals surface area contributed by atoms with Crippen molar-refractivity contribution in [1.29, 1.82) is 0 Å². The zero-order valence-electron chi connectivity index (χ0n) is 20.2. The number of nitrogens with one attached hydrogen (secondary N) is 1. The van der Waals surface area contributed by atoms with E-state index in [1.54, 1.807) is 19.9 Å². The van der Waals surface area contributed by atoms with E-state index >= 15 is 0 Å². The molecule has 0 unspecified atom stereocenters. The molecule has 2 amide bonds. The highest BCUT2D eigenvalue weighted by molar-refractivity contribution is 7.92. The number of anilines is 1. The summed E-state index contributed by atoms with van der Waals surface area (Å²) < 4.78 is 65.8. The minimum atomic E-state index is -4.86. The van der Waals surface area contributed by atoms with Gasteiger partial charge in [0.05, 0.1) is 22.5 Å². The van der Waals surface area contributed by atoms with E-state index in [2.05, 4.69) is 5.32 Å². The number of carbonyl (C=O) groups excluding carboxylic acids is 2. The van der Waals surface area contributed by atoms with Crippen molar-refractivity contribution >= 4 is 62.3 Å². The van der Waals surface area contributed by atoms with Crippen LogP contribution >= 0.6 is 34.8 Å². The van der Waals surface area contributed by atoms with E-state index in [0.29, 0.717) is 21.0 Å². The predicted octanol–water partition coefficient (Wildman–Crippen LogP) is 5.37. The molecule has 0 heterocycles. The Morgan fingerprint density at radius 1 is 1.00 bits per heavy atom. The number of halogens is 6. The maximum absolute atomic E-state index is 13.5. The fourth-order valence-electron chi connectivity index (χ4n) is 3.32. The summed E-state index contributed by atoms with van der Waals surface area (Å²) >= 11 is 17.8. The minimum Gasteiger partial charge on any atom is -0.352 e. The van der Waals surface area contributed by atoms with Gasteiger partial charge in [-0.2, -0.15) is 13.2 Å². The highest BCUT2D eigenvalue weighted by atomic mass is 35.5. The Hall–Kier alpha value is -2.21. The molecule has 0 aliphatic heterocycles. The third kappa shape index (κ3) is 8.39. The average Bonchev–Trinajstić information content (AvgIpc) is 2.75. The lowest BCUT2D eigenvalue weighted by atomic mass is 10.1. The molecule has 2 aromatic rings. The second kappa shape index (κ2) is 12.1. The van der Waals surface area contributed by atoms with Crippen LogP contribution in [-0.4, -0.2) is 50.0 Å². The third-order valence-corrected chi connectivity index (χ3v) is 7.23. The van der Waals surface area contributed by atoms with Crippen LogP contribution in [0, 0.1) is 0 Å². The first-order valence-electron chi connectivity index (χ1n) is 10.8. The van der Waals surface area contributed by atoms with Gasteiger partial charge in [-0.05, 0) is 56.7 Å². The summed E-state index contributed by atoms with van der Waals surface area (Å²) in [5.74, 6) is -1.38. The van der Waals surface area contributed by atoms with Crippen molar-refractivity contribution in [3.63, 3.8) is 0 Å². The first-order chi connectivity index (χ1) is 16.9. The summed E-state index contributed by atoms with van der Waals surface area (Å²) in [4.78, 5) is 27.3. The summed E-state index contributed by atoms with van der Waals surface area (Å²) in [7, 11) is -4.24. The summed E-state index contributed by atoms with van der Waals surface area (Å²) in [5, 5.41) is 2.58. The van der Waals surface area contributed by atoms with Gasteiger partial charge in [0.1, 0.15) is 12.6 Å². The van der Waals surface area contributed by atoms with Gasteiger partial charge in [0, 0.05) is 22.6 Å². The number of hydrogen-bond acceptors (Lipinski definition) is 4. The van der Waals surface area contributed by atoms with Crippen LogP contribution < -0.4 is 9.62 Å².